The first-order chi connectivity index (χ1) is 10.5. The number of fused-ring (bicyclic) bond motifs is 1. The van der Waals surface area contributed by atoms with E-state index in [1.807, 2.05) is 17.9 Å². The van der Waals surface area contributed by atoms with Crippen molar-refractivity contribution in [2.24, 2.45) is 11.7 Å². The lowest BCUT2D eigenvalue weighted by molar-refractivity contribution is 0.0742. The molecule has 1 aromatic carbocycles. The predicted molar refractivity (Wildman–Crippen MR) is 98.6 cm³/mol. The molecule has 0 bridgehead atoms. The first-order valence-electron chi connectivity index (χ1n) is 7.57. The molecule has 1 aliphatic heterocycles. The fourth-order valence-electron chi connectivity index (χ4n) is 3.20. The van der Waals surface area contributed by atoms with Crippen molar-refractivity contribution in [1.82, 2.24) is 9.88 Å². The van der Waals surface area contributed by atoms with Crippen LogP contribution in [-0.4, -0.2) is 34.9 Å². The van der Waals surface area contributed by atoms with Gasteiger partial charge in [-0.2, -0.15) is 0 Å². The maximum atomic E-state index is 13.3. The molecule has 1 fully saturated rings. The Hall–Kier alpha value is -1.43. The van der Waals surface area contributed by atoms with E-state index < -0.39 is 0 Å². The van der Waals surface area contributed by atoms with Gasteiger partial charge in [-0.1, -0.05) is 0 Å². The van der Waals surface area contributed by atoms with Crippen LogP contribution in [0.4, 0.5) is 4.39 Å². The lowest BCUT2D eigenvalue weighted by atomic mass is 10.1. The Balaban J connectivity index is 0.00000144. The minimum atomic E-state index is -0.322. The number of rotatable bonds is 2. The Morgan fingerprint density at radius 3 is 2.71 bits per heavy atom. The molecule has 1 amide bonds. The third kappa shape index (κ3) is 3.79. The van der Waals surface area contributed by atoms with Gasteiger partial charge < -0.3 is 10.6 Å². The van der Waals surface area contributed by atoms with Crippen molar-refractivity contribution >= 4 is 41.6 Å². The summed E-state index contributed by atoms with van der Waals surface area (Å²) in [7, 11) is 0. The third-order valence-corrected chi connectivity index (χ3v) is 4.46. The summed E-state index contributed by atoms with van der Waals surface area (Å²) in [6.45, 7) is 5.13. The zero-order valence-corrected chi connectivity index (χ0v) is 15.3. The first-order valence-corrected chi connectivity index (χ1v) is 7.57. The zero-order chi connectivity index (χ0) is 15.9. The van der Waals surface area contributed by atoms with Gasteiger partial charge in [0, 0.05) is 24.0 Å². The van der Waals surface area contributed by atoms with Crippen molar-refractivity contribution in [3.8, 4) is 0 Å². The summed E-state index contributed by atoms with van der Waals surface area (Å²) in [5, 5.41) is 0.776. The van der Waals surface area contributed by atoms with E-state index in [0.29, 0.717) is 35.8 Å². The van der Waals surface area contributed by atoms with Crippen molar-refractivity contribution < 1.29 is 9.18 Å². The Morgan fingerprint density at radius 1 is 1.38 bits per heavy atom. The van der Waals surface area contributed by atoms with Crippen LogP contribution in [0.25, 0.3) is 10.9 Å². The number of hydrogen-bond donors (Lipinski definition) is 1. The predicted octanol–water partition coefficient (Wildman–Crippen LogP) is 3.34. The summed E-state index contributed by atoms with van der Waals surface area (Å²) in [6, 6.07) is 6.42. The summed E-state index contributed by atoms with van der Waals surface area (Å²) >= 11 is 0. The maximum Gasteiger partial charge on any atom is 0.255 e. The number of pyridine rings is 1. The molecule has 2 N–H and O–H groups in total. The van der Waals surface area contributed by atoms with E-state index in [2.05, 4.69) is 4.98 Å². The molecule has 2 aromatic rings. The van der Waals surface area contributed by atoms with Gasteiger partial charge in [0.2, 0.25) is 0 Å². The van der Waals surface area contributed by atoms with E-state index in [1.165, 1.54) is 12.1 Å². The van der Waals surface area contributed by atoms with Gasteiger partial charge in [-0.25, -0.2) is 4.39 Å². The van der Waals surface area contributed by atoms with Gasteiger partial charge in [0.1, 0.15) is 5.82 Å². The molecule has 2 heterocycles. The second-order valence-corrected chi connectivity index (χ2v) is 6.10. The van der Waals surface area contributed by atoms with Crippen molar-refractivity contribution in [1.29, 1.82) is 0 Å². The number of likely N-dealkylation sites (tertiary alicyclic amines) is 1. The number of aryl methyl sites for hydroxylation is 1. The maximum absolute atomic E-state index is 13.3. The molecule has 1 aliphatic rings. The number of nitrogens with two attached hydrogens (primary N) is 1. The molecule has 0 saturated carbocycles. The van der Waals surface area contributed by atoms with E-state index in [9.17, 15) is 9.18 Å². The first kappa shape index (κ1) is 20.6. The fraction of sp³-hybridized carbons (Fsp3) is 0.412. The second kappa shape index (κ2) is 8.10. The summed E-state index contributed by atoms with van der Waals surface area (Å²) < 4.78 is 13.3. The van der Waals surface area contributed by atoms with Crippen molar-refractivity contribution in [3.05, 3.63) is 41.3 Å². The highest BCUT2D eigenvalue weighted by Crippen LogP contribution is 2.26. The lowest BCUT2D eigenvalue weighted by Crippen LogP contribution is -2.35. The van der Waals surface area contributed by atoms with Gasteiger partial charge in [-0.15, -0.1) is 24.8 Å². The number of carbonyl (C=O) groups excluding carboxylic acids is 1. The van der Waals surface area contributed by atoms with Crippen LogP contribution in [0.15, 0.2) is 24.3 Å². The molecule has 0 spiro atoms. The van der Waals surface area contributed by atoms with Gasteiger partial charge >= 0.3 is 0 Å². The number of amides is 1. The van der Waals surface area contributed by atoms with Gasteiger partial charge in [-0.3, -0.25) is 9.78 Å². The van der Waals surface area contributed by atoms with Crippen molar-refractivity contribution in [2.45, 2.75) is 26.3 Å². The van der Waals surface area contributed by atoms with Crippen LogP contribution in [0.1, 0.15) is 29.4 Å². The van der Waals surface area contributed by atoms with E-state index in [4.69, 9.17) is 5.73 Å². The smallest absolute Gasteiger partial charge is 0.255 e. The normalized spacial score (nSPS) is 19.8. The largest absolute Gasteiger partial charge is 0.336 e. The van der Waals surface area contributed by atoms with Gasteiger partial charge in [0.15, 0.2) is 0 Å². The standard InChI is InChI=1S/C17H20FN3O.2ClH/c1-10-5-12(8-19)9-21(10)17(22)15-6-13-3-4-14(18)7-16(13)20-11(15)2;;/h3-4,6-7,10,12H,5,8-9,19H2,1-2H3;2*1H. The van der Waals surface area contributed by atoms with Gasteiger partial charge in [0.05, 0.1) is 16.8 Å². The van der Waals surface area contributed by atoms with Crippen molar-refractivity contribution in [3.63, 3.8) is 0 Å². The van der Waals surface area contributed by atoms with Gasteiger partial charge in [0.25, 0.3) is 5.91 Å². The number of benzene rings is 1. The molecule has 7 heteroatoms. The number of aromatic nitrogens is 1. The molecule has 3 rings (SSSR count). The Bertz CT molecular complexity index is 741. The van der Waals surface area contributed by atoms with Crippen LogP contribution in [0, 0.1) is 18.7 Å². The van der Waals surface area contributed by atoms with Crippen LogP contribution in [0.5, 0.6) is 0 Å². The zero-order valence-electron chi connectivity index (χ0n) is 13.7. The lowest BCUT2D eigenvalue weighted by Gasteiger charge is -2.22. The quantitative estimate of drug-likeness (QED) is 0.877. The van der Waals surface area contributed by atoms with Gasteiger partial charge in [-0.05, 0) is 50.9 Å². The molecule has 1 aromatic heterocycles. The van der Waals surface area contributed by atoms with Crippen LogP contribution < -0.4 is 5.73 Å². The number of hydrogen-bond acceptors (Lipinski definition) is 3. The van der Waals surface area contributed by atoms with Crippen molar-refractivity contribution in [2.75, 3.05) is 13.1 Å². The molecular formula is C17H22Cl2FN3O. The summed E-state index contributed by atoms with van der Waals surface area (Å²) in [6.07, 6.45) is 0.938. The topological polar surface area (TPSA) is 59.2 Å². The number of halogens is 3. The molecule has 0 aliphatic carbocycles. The average molecular weight is 374 g/mol. The van der Waals surface area contributed by atoms with E-state index in [-0.39, 0.29) is 42.6 Å². The van der Waals surface area contributed by atoms with E-state index in [0.717, 1.165) is 11.8 Å². The Morgan fingerprint density at radius 2 is 2.08 bits per heavy atom. The fourth-order valence-corrected chi connectivity index (χ4v) is 3.20. The summed E-state index contributed by atoms with van der Waals surface area (Å²) in [4.78, 5) is 19.1. The molecular weight excluding hydrogens is 352 g/mol. The van der Waals surface area contributed by atoms with E-state index in [1.54, 1.807) is 13.0 Å². The monoisotopic (exact) mass is 373 g/mol. The summed E-state index contributed by atoms with van der Waals surface area (Å²) in [5.74, 6) is 0.0267. The number of nitrogens with zero attached hydrogens (tertiary/aromatic N) is 2. The minimum Gasteiger partial charge on any atom is -0.336 e. The molecule has 132 valence electrons. The molecule has 2 atom stereocenters. The Kier molecular flexibility index (Phi) is 6.96. The molecule has 2 unspecified atom stereocenters. The highest BCUT2D eigenvalue weighted by Gasteiger charge is 2.32. The SMILES string of the molecule is Cc1nc2cc(F)ccc2cc1C(=O)N1CC(CN)CC1C.Cl.Cl. The molecule has 24 heavy (non-hydrogen) atoms. The van der Waals surface area contributed by atoms with Crippen LogP contribution >= 0.6 is 24.8 Å². The second-order valence-electron chi connectivity index (χ2n) is 6.10. The molecule has 4 nitrogen and oxygen atoms in total. The minimum absolute atomic E-state index is 0. The molecule has 1 saturated heterocycles. The molecule has 0 radical (unpaired) electrons. The van der Waals surface area contributed by atoms with E-state index >= 15 is 0 Å². The average Bonchev–Trinajstić information content (AvgIpc) is 2.87. The summed E-state index contributed by atoms with van der Waals surface area (Å²) in [5.41, 5.74) is 7.52. The Labute approximate surface area is 153 Å². The van der Waals surface area contributed by atoms with Crippen LogP contribution in [0.3, 0.4) is 0 Å². The van der Waals surface area contributed by atoms with Crippen LogP contribution in [0.2, 0.25) is 0 Å². The highest BCUT2D eigenvalue weighted by atomic mass is 35.5. The van der Waals surface area contributed by atoms with Crippen LogP contribution in [-0.2, 0) is 0 Å². The number of carbonyl (C=O) groups is 1. The highest BCUT2D eigenvalue weighted by molar-refractivity contribution is 5.99. The third-order valence-electron chi connectivity index (χ3n) is 4.46.